The molecule has 0 aromatic heterocycles. The molecule has 0 saturated heterocycles. The lowest BCUT2D eigenvalue weighted by Crippen LogP contribution is -2.01. The molecule has 0 saturated carbocycles. The van der Waals surface area contributed by atoms with Crippen molar-refractivity contribution in [3.63, 3.8) is 0 Å². The SMILES string of the molecule is Cc1ccc(Oc2cc(C)ccc2C(=O)O)c(C)c1. The average molecular weight is 256 g/mol. The molecule has 19 heavy (non-hydrogen) atoms. The van der Waals surface area contributed by atoms with Gasteiger partial charge in [-0.2, -0.15) is 0 Å². The molecule has 3 heteroatoms. The summed E-state index contributed by atoms with van der Waals surface area (Å²) >= 11 is 0. The topological polar surface area (TPSA) is 46.5 Å². The molecular formula is C16H16O3. The fourth-order valence-corrected chi connectivity index (χ4v) is 1.92. The first-order valence-corrected chi connectivity index (χ1v) is 6.06. The molecule has 2 rings (SSSR count). The van der Waals surface area contributed by atoms with Crippen LogP contribution in [0.5, 0.6) is 11.5 Å². The van der Waals surface area contributed by atoms with E-state index in [4.69, 9.17) is 9.84 Å². The second-order valence-electron chi connectivity index (χ2n) is 4.68. The van der Waals surface area contributed by atoms with Crippen molar-refractivity contribution in [1.29, 1.82) is 0 Å². The van der Waals surface area contributed by atoms with Gasteiger partial charge in [0.05, 0.1) is 0 Å². The number of hydrogen-bond donors (Lipinski definition) is 1. The van der Waals surface area contributed by atoms with Crippen molar-refractivity contribution >= 4 is 5.97 Å². The molecule has 0 amide bonds. The maximum absolute atomic E-state index is 11.2. The lowest BCUT2D eigenvalue weighted by molar-refractivity contribution is 0.0694. The Balaban J connectivity index is 2.42. The molecule has 0 aliphatic carbocycles. The molecule has 98 valence electrons. The summed E-state index contributed by atoms with van der Waals surface area (Å²) in [7, 11) is 0. The minimum atomic E-state index is -0.986. The molecule has 0 heterocycles. The van der Waals surface area contributed by atoms with E-state index < -0.39 is 5.97 Å². The second kappa shape index (κ2) is 5.14. The van der Waals surface area contributed by atoms with Gasteiger partial charge in [0.25, 0.3) is 0 Å². The molecule has 2 aromatic rings. The first-order valence-electron chi connectivity index (χ1n) is 6.06. The van der Waals surface area contributed by atoms with Crippen LogP contribution in [0.3, 0.4) is 0 Å². The van der Waals surface area contributed by atoms with E-state index in [9.17, 15) is 4.79 Å². The molecule has 0 fully saturated rings. The van der Waals surface area contributed by atoms with Crippen LogP contribution in [0.2, 0.25) is 0 Å². The number of hydrogen-bond acceptors (Lipinski definition) is 2. The standard InChI is InChI=1S/C16H16O3/c1-10-5-7-14(12(3)8-10)19-15-9-11(2)4-6-13(15)16(17)18/h4-9H,1-3H3,(H,17,18). The maximum atomic E-state index is 11.2. The molecule has 0 unspecified atom stereocenters. The van der Waals surface area contributed by atoms with E-state index in [1.807, 2.05) is 39.0 Å². The van der Waals surface area contributed by atoms with Gasteiger partial charge < -0.3 is 9.84 Å². The van der Waals surface area contributed by atoms with Crippen LogP contribution in [-0.4, -0.2) is 11.1 Å². The highest BCUT2D eigenvalue weighted by atomic mass is 16.5. The molecule has 0 aliphatic rings. The summed E-state index contributed by atoms with van der Waals surface area (Å²) in [6, 6.07) is 10.9. The van der Waals surface area contributed by atoms with Crippen molar-refractivity contribution in [2.45, 2.75) is 20.8 Å². The Labute approximate surface area is 112 Å². The third-order valence-corrected chi connectivity index (χ3v) is 2.92. The summed E-state index contributed by atoms with van der Waals surface area (Å²) in [5, 5.41) is 9.17. The van der Waals surface area contributed by atoms with Crippen LogP contribution in [0.4, 0.5) is 0 Å². The van der Waals surface area contributed by atoms with E-state index in [1.54, 1.807) is 18.2 Å². The molecule has 0 aliphatic heterocycles. The van der Waals surface area contributed by atoms with Crippen molar-refractivity contribution in [2.24, 2.45) is 0 Å². The lowest BCUT2D eigenvalue weighted by atomic mass is 10.1. The highest BCUT2D eigenvalue weighted by molar-refractivity contribution is 5.91. The Morgan fingerprint density at radius 1 is 0.947 bits per heavy atom. The molecule has 2 aromatic carbocycles. The number of benzene rings is 2. The zero-order chi connectivity index (χ0) is 14.0. The largest absolute Gasteiger partial charge is 0.478 e. The Morgan fingerprint density at radius 3 is 2.21 bits per heavy atom. The van der Waals surface area contributed by atoms with Crippen molar-refractivity contribution < 1.29 is 14.6 Å². The van der Waals surface area contributed by atoms with Gasteiger partial charge in [0, 0.05) is 0 Å². The summed E-state index contributed by atoms with van der Waals surface area (Å²) in [4.78, 5) is 11.2. The van der Waals surface area contributed by atoms with Crippen molar-refractivity contribution in [3.8, 4) is 11.5 Å². The molecule has 3 nitrogen and oxygen atoms in total. The van der Waals surface area contributed by atoms with Crippen molar-refractivity contribution in [3.05, 3.63) is 58.7 Å². The van der Waals surface area contributed by atoms with Gasteiger partial charge in [-0.15, -0.1) is 0 Å². The first-order chi connectivity index (χ1) is 8.97. The summed E-state index contributed by atoms with van der Waals surface area (Å²) in [5.41, 5.74) is 3.26. The number of aryl methyl sites for hydroxylation is 3. The van der Waals surface area contributed by atoms with Crippen LogP contribution in [0.15, 0.2) is 36.4 Å². The number of rotatable bonds is 3. The Kier molecular flexibility index (Phi) is 3.56. The molecule has 0 spiro atoms. The van der Waals surface area contributed by atoms with Crippen molar-refractivity contribution in [1.82, 2.24) is 0 Å². The number of carboxylic acid groups (broad SMARTS) is 1. The molecular weight excluding hydrogens is 240 g/mol. The van der Waals surface area contributed by atoms with Crippen LogP contribution >= 0.6 is 0 Å². The average Bonchev–Trinajstić information content (AvgIpc) is 2.32. The van der Waals surface area contributed by atoms with E-state index >= 15 is 0 Å². The summed E-state index contributed by atoms with van der Waals surface area (Å²) in [6.45, 7) is 5.85. The minimum absolute atomic E-state index is 0.172. The van der Waals surface area contributed by atoms with Crippen LogP contribution in [0, 0.1) is 20.8 Å². The monoisotopic (exact) mass is 256 g/mol. The van der Waals surface area contributed by atoms with E-state index in [0.29, 0.717) is 11.5 Å². The summed E-state index contributed by atoms with van der Waals surface area (Å²) in [5.74, 6) is 0.0675. The van der Waals surface area contributed by atoms with Crippen LogP contribution < -0.4 is 4.74 Å². The predicted octanol–water partition coefficient (Wildman–Crippen LogP) is 4.10. The normalized spacial score (nSPS) is 10.3. The second-order valence-corrected chi connectivity index (χ2v) is 4.68. The predicted molar refractivity (Wildman–Crippen MR) is 74.1 cm³/mol. The van der Waals surface area contributed by atoms with Gasteiger partial charge in [0.15, 0.2) is 0 Å². The molecule has 0 bridgehead atoms. The van der Waals surface area contributed by atoms with Gasteiger partial charge >= 0.3 is 5.97 Å². The Hall–Kier alpha value is -2.29. The summed E-state index contributed by atoms with van der Waals surface area (Å²) < 4.78 is 5.76. The van der Waals surface area contributed by atoms with Gasteiger partial charge in [-0.05, 0) is 50.1 Å². The van der Waals surface area contributed by atoms with Gasteiger partial charge in [0.1, 0.15) is 17.1 Å². The zero-order valence-corrected chi connectivity index (χ0v) is 11.2. The zero-order valence-electron chi connectivity index (χ0n) is 11.2. The summed E-state index contributed by atoms with van der Waals surface area (Å²) in [6.07, 6.45) is 0. The molecule has 0 radical (unpaired) electrons. The number of carbonyl (C=O) groups is 1. The smallest absolute Gasteiger partial charge is 0.339 e. The van der Waals surface area contributed by atoms with Crippen LogP contribution in [-0.2, 0) is 0 Å². The number of ether oxygens (including phenoxy) is 1. The van der Waals surface area contributed by atoms with Gasteiger partial charge in [-0.3, -0.25) is 0 Å². The van der Waals surface area contributed by atoms with Gasteiger partial charge in [-0.25, -0.2) is 4.79 Å². The third kappa shape index (κ3) is 2.94. The highest BCUT2D eigenvalue weighted by Crippen LogP contribution is 2.29. The highest BCUT2D eigenvalue weighted by Gasteiger charge is 2.13. The maximum Gasteiger partial charge on any atom is 0.339 e. The number of aromatic carboxylic acids is 1. The van der Waals surface area contributed by atoms with E-state index in [0.717, 1.165) is 16.7 Å². The first kappa shape index (κ1) is 13.1. The minimum Gasteiger partial charge on any atom is -0.478 e. The van der Waals surface area contributed by atoms with Gasteiger partial charge in [-0.1, -0.05) is 23.8 Å². The lowest BCUT2D eigenvalue weighted by Gasteiger charge is -2.12. The Bertz CT molecular complexity index is 630. The molecule has 0 atom stereocenters. The van der Waals surface area contributed by atoms with E-state index in [1.165, 1.54) is 0 Å². The third-order valence-electron chi connectivity index (χ3n) is 2.92. The van der Waals surface area contributed by atoms with E-state index in [-0.39, 0.29) is 5.56 Å². The molecule has 1 N–H and O–H groups in total. The van der Waals surface area contributed by atoms with E-state index in [2.05, 4.69) is 0 Å². The van der Waals surface area contributed by atoms with Crippen LogP contribution in [0.1, 0.15) is 27.0 Å². The van der Waals surface area contributed by atoms with Gasteiger partial charge in [0.2, 0.25) is 0 Å². The van der Waals surface area contributed by atoms with Crippen LogP contribution in [0.25, 0.3) is 0 Å². The fourth-order valence-electron chi connectivity index (χ4n) is 1.92. The number of carboxylic acids is 1. The quantitative estimate of drug-likeness (QED) is 0.899. The Morgan fingerprint density at radius 2 is 1.58 bits per heavy atom. The fraction of sp³-hybridized carbons (Fsp3) is 0.188. The van der Waals surface area contributed by atoms with Crippen molar-refractivity contribution in [2.75, 3.05) is 0 Å².